The minimum absolute atomic E-state index is 0.0927. The number of carboxylic acid groups (broad SMARTS) is 1. The number of anilines is 1. The summed E-state index contributed by atoms with van der Waals surface area (Å²) in [6.45, 7) is 4.47. The number of benzene rings is 2. The van der Waals surface area contributed by atoms with Crippen molar-refractivity contribution in [2.24, 2.45) is 0 Å². The number of urea groups is 1. The Kier molecular flexibility index (Phi) is 10.9. The van der Waals surface area contributed by atoms with Gasteiger partial charge in [0.15, 0.2) is 11.5 Å². The molecular weight excluding hydrogens is 490 g/mol. The number of nitrogens with one attached hydrogen (secondary N) is 1. The lowest BCUT2D eigenvalue weighted by atomic mass is 10.0. The molecule has 0 radical (unpaired) electrons. The van der Waals surface area contributed by atoms with Gasteiger partial charge in [-0.1, -0.05) is 31.9 Å². The molecule has 1 aliphatic rings. The molecule has 1 aliphatic heterocycles. The van der Waals surface area contributed by atoms with Gasteiger partial charge in [0, 0.05) is 37.5 Å². The molecule has 208 valence electrons. The van der Waals surface area contributed by atoms with Crippen LogP contribution in [0.2, 0.25) is 0 Å². The lowest BCUT2D eigenvalue weighted by Gasteiger charge is -2.36. The van der Waals surface area contributed by atoms with E-state index in [0.29, 0.717) is 43.5 Å². The first kappa shape index (κ1) is 28.9. The molecule has 0 saturated carbocycles. The van der Waals surface area contributed by atoms with Gasteiger partial charge in [0.25, 0.3) is 0 Å². The van der Waals surface area contributed by atoms with E-state index in [4.69, 9.17) is 24.1 Å². The highest BCUT2D eigenvalue weighted by Crippen LogP contribution is 2.34. The molecule has 0 aliphatic carbocycles. The molecule has 0 spiro atoms. The van der Waals surface area contributed by atoms with Crippen LogP contribution in [-0.2, 0) is 11.3 Å². The number of hydrogen-bond donors (Lipinski definition) is 2. The number of hydrogen-bond acceptors (Lipinski definition) is 6. The van der Waals surface area contributed by atoms with Gasteiger partial charge < -0.3 is 34.3 Å². The van der Waals surface area contributed by atoms with E-state index in [1.54, 1.807) is 24.0 Å². The molecule has 1 fully saturated rings. The Morgan fingerprint density at radius 2 is 1.82 bits per heavy atom. The smallest absolute Gasteiger partial charge is 0.404 e. The van der Waals surface area contributed by atoms with Gasteiger partial charge in [0.05, 0.1) is 40.0 Å². The van der Waals surface area contributed by atoms with Crippen molar-refractivity contribution in [3.8, 4) is 17.2 Å². The summed E-state index contributed by atoms with van der Waals surface area (Å²) < 4.78 is 22.5. The fourth-order valence-electron chi connectivity index (χ4n) is 4.46. The maximum atomic E-state index is 13.5. The highest BCUT2D eigenvalue weighted by atomic mass is 16.5. The Morgan fingerprint density at radius 3 is 2.50 bits per heavy atom. The number of ether oxygens (including phenoxy) is 4. The Morgan fingerprint density at radius 1 is 1.03 bits per heavy atom. The number of amides is 3. The van der Waals surface area contributed by atoms with Gasteiger partial charge in [-0.2, -0.15) is 0 Å². The second kappa shape index (κ2) is 14.3. The van der Waals surface area contributed by atoms with Gasteiger partial charge in [0.1, 0.15) is 5.75 Å². The van der Waals surface area contributed by atoms with Crippen molar-refractivity contribution in [1.82, 2.24) is 10.2 Å². The summed E-state index contributed by atoms with van der Waals surface area (Å²) >= 11 is 0. The van der Waals surface area contributed by atoms with Crippen molar-refractivity contribution in [1.29, 1.82) is 0 Å². The van der Waals surface area contributed by atoms with Gasteiger partial charge in [0.2, 0.25) is 0 Å². The summed E-state index contributed by atoms with van der Waals surface area (Å²) in [7, 11) is 4.71. The van der Waals surface area contributed by atoms with Gasteiger partial charge in [-0.15, -0.1) is 0 Å². The Bertz CT molecular complexity index is 1080. The molecule has 38 heavy (non-hydrogen) atoms. The molecule has 10 heteroatoms. The third-order valence-corrected chi connectivity index (χ3v) is 6.54. The van der Waals surface area contributed by atoms with Gasteiger partial charge in [-0.25, -0.2) is 9.59 Å². The predicted molar refractivity (Wildman–Crippen MR) is 145 cm³/mol. The van der Waals surface area contributed by atoms with E-state index in [1.807, 2.05) is 36.4 Å². The summed E-state index contributed by atoms with van der Waals surface area (Å²) in [5, 5.41) is 11.3. The van der Waals surface area contributed by atoms with E-state index < -0.39 is 12.2 Å². The third kappa shape index (κ3) is 7.44. The first-order chi connectivity index (χ1) is 18.4. The van der Waals surface area contributed by atoms with Crippen molar-refractivity contribution in [3.63, 3.8) is 0 Å². The average molecular weight is 530 g/mol. The van der Waals surface area contributed by atoms with Gasteiger partial charge >= 0.3 is 12.1 Å². The van der Waals surface area contributed by atoms with Crippen LogP contribution in [0.3, 0.4) is 0 Å². The zero-order chi connectivity index (χ0) is 27.5. The van der Waals surface area contributed by atoms with Crippen LogP contribution in [0.5, 0.6) is 17.2 Å². The van der Waals surface area contributed by atoms with E-state index in [-0.39, 0.29) is 12.6 Å². The number of carbonyl (C=O) groups is 2. The first-order valence-electron chi connectivity index (χ1n) is 13.0. The van der Waals surface area contributed by atoms with Crippen molar-refractivity contribution < 1.29 is 33.6 Å². The van der Waals surface area contributed by atoms with E-state index >= 15 is 0 Å². The molecule has 2 aromatic rings. The molecule has 1 unspecified atom stereocenters. The number of methoxy groups -OCH3 is 3. The minimum atomic E-state index is -1.11. The second-order valence-electron chi connectivity index (χ2n) is 9.08. The van der Waals surface area contributed by atoms with Crippen LogP contribution in [0.1, 0.15) is 49.8 Å². The van der Waals surface area contributed by atoms with Gasteiger partial charge in [-0.3, -0.25) is 4.90 Å². The normalized spacial score (nSPS) is 14.3. The number of nitrogens with zero attached hydrogens (tertiary/aromatic N) is 2. The van der Waals surface area contributed by atoms with E-state index in [1.165, 1.54) is 7.11 Å². The molecule has 0 aromatic heterocycles. The van der Waals surface area contributed by atoms with Crippen molar-refractivity contribution >= 4 is 17.8 Å². The quantitative estimate of drug-likeness (QED) is 0.329. The summed E-state index contributed by atoms with van der Waals surface area (Å²) in [5.74, 6) is 1.88. The molecule has 2 aromatic carbocycles. The lowest BCUT2D eigenvalue weighted by Crippen LogP contribution is -2.49. The van der Waals surface area contributed by atoms with Crippen LogP contribution in [-0.4, -0.2) is 69.7 Å². The monoisotopic (exact) mass is 529 g/mol. The Hall–Kier alpha value is -3.66. The summed E-state index contributed by atoms with van der Waals surface area (Å²) in [6, 6.07) is 11.1. The third-order valence-electron chi connectivity index (χ3n) is 6.54. The number of unbranched alkanes of at least 4 members (excludes halogenated alkanes) is 2. The fraction of sp³-hybridized carbons (Fsp3) is 0.500. The van der Waals surface area contributed by atoms with Crippen molar-refractivity contribution in [2.75, 3.05) is 52.5 Å². The molecule has 1 saturated heterocycles. The first-order valence-corrected chi connectivity index (χ1v) is 13.0. The molecule has 3 rings (SSSR count). The lowest BCUT2D eigenvalue weighted by molar-refractivity contribution is 0.100. The highest BCUT2D eigenvalue weighted by Gasteiger charge is 2.28. The Labute approximate surface area is 224 Å². The number of rotatable bonds is 14. The minimum Gasteiger partial charge on any atom is -0.496 e. The van der Waals surface area contributed by atoms with Gasteiger partial charge in [-0.05, 0) is 36.6 Å². The van der Waals surface area contributed by atoms with Crippen LogP contribution in [0.15, 0.2) is 36.4 Å². The fourth-order valence-corrected chi connectivity index (χ4v) is 4.46. The molecule has 0 bridgehead atoms. The highest BCUT2D eigenvalue weighted by molar-refractivity contribution is 5.93. The van der Waals surface area contributed by atoms with E-state index in [0.717, 1.165) is 42.5 Å². The molecule has 2 N–H and O–H groups in total. The van der Waals surface area contributed by atoms with Crippen LogP contribution in [0, 0.1) is 0 Å². The summed E-state index contributed by atoms with van der Waals surface area (Å²) in [6.07, 6.45) is 2.41. The molecule has 1 atom stereocenters. The maximum Gasteiger partial charge on any atom is 0.404 e. The zero-order valence-corrected chi connectivity index (χ0v) is 22.7. The molecule has 1 heterocycles. The Balaban J connectivity index is 1.75. The predicted octanol–water partition coefficient (Wildman–Crippen LogP) is 5.06. The summed E-state index contributed by atoms with van der Waals surface area (Å²) in [4.78, 5) is 28.0. The van der Waals surface area contributed by atoms with Crippen LogP contribution < -0.4 is 24.4 Å². The topological polar surface area (TPSA) is 110 Å². The molecule has 3 amide bonds. The van der Waals surface area contributed by atoms with Crippen LogP contribution >= 0.6 is 0 Å². The SMILES string of the molecule is CCCCCOc1cc(N2CCCN(Cc3ccc(C(CNC(=O)O)OC)cc3OC)C2=O)ccc1OC. The summed E-state index contributed by atoms with van der Waals surface area (Å²) in [5.41, 5.74) is 2.39. The average Bonchev–Trinajstić information content (AvgIpc) is 2.93. The zero-order valence-electron chi connectivity index (χ0n) is 22.7. The largest absolute Gasteiger partial charge is 0.496 e. The van der Waals surface area contributed by atoms with Crippen molar-refractivity contribution in [2.45, 2.75) is 45.3 Å². The second-order valence-corrected chi connectivity index (χ2v) is 9.08. The van der Waals surface area contributed by atoms with E-state index in [2.05, 4.69) is 12.2 Å². The standard InChI is InChI=1S/C28H39N3O7/c1-5-6-7-15-38-25-17-22(11-12-23(25)35-2)31-14-8-13-30(28(31)34)19-21-10-9-20(16-24(21)36-3)26(37-4)18-29-27(32)33/h9-12,16-17,26,29H,5-8,13-15,18-19H2,1-4H3,(H,32,33). The van der Waals surface area contributed by atoms with Crippen molar-refractivity contribution in [3.05, 3.63) is 47.5 Å². The number of carbonyl (C=O) groups excluding carboxylic acids is 1. The maximum absolute atomic E-state index is 13.5. The molecule has 10 nitrogen and oxygen atoms in total. The molecular formula is C28H39N3O7. The van der Waals surface area contributed by atoms with Crippen LogP contribution in [0.4, 0.5) is 15.3 Å². The van der Waals surface area contributed by atoms with E-state index in [9.17, 15) is 9.59 Å². The van der Waals surface area contributed by atoms with Crippen LogP contribution in [0.25, 0.3) is 0 Å².